The molecular formula is C14H18N4O. The Morgan fingerprint density at radius 3 is 2.79 bits per heavy atom. The van der Waals surface area contributed by atoms with Crippen LogP contribution in [0.25, 0.3) is 0 Å². The van der Waals surface area contributed by atoms with Gasteiger partial charge in [-0.3, -0.25) is 4.68 Å². The van der Waals surface area contributed by atoms with Crippen LogP contribution in [0, 0.1) is 0 Å². The van der Waals surface area contributed by atoms with Crippen LogP contribution in [-0.4, -0.2) is 20.8 Å². The van der Waals surface area contributed by atoms with Gasteiger partial charge in [0.05, 0.1) is 0 Å². The monoisotopic (exact) mass is 258 g/mol. The minimum absolute atomic E-state index is 0.424. The predicted octanol–water partition coefficient (Wildman–Crippen LogP) is 1.65. The summed E-state index contributed by atoms with van der Waals surface area (Å²) in [7, 11) is 1.83. The van der Waals surface area contributed by atoms with E-state index in [1.54, 1.807) is 11.0 Å². The molecule has 0 atom stereocenters. The first kappa shape index (κ1) is 12.2. The van der Waals surface area contributed by atoms with Crippen molar-refractivity contribution in [1.82, 2.24) is 20.1 Å². The second-order valence-electron chi connectivity index (χ2n) is 4.91. The van der Waals surface area contributed by atoms with Crippen LogP contribution in [0.3, 0.4) is 0 Å². The normalized spacial score (nSPS) is 14.6. The molecule has 1 fully saturated rings. The van der Waals surface area contributed by atoms with Crippen LogP contribution < -0.4 is 10.1 Å². The Balaban J connectivity index is 1.62. The molecule has 0 bridgehead atoms. The van der Waals surface area contributed by atoms with E-state index in [1.807, 2.05) is 13.1 Å². The first-order chi connectivity index (χ1) is 9.31. The summed E-state index contributed by atoms with van der Waals surface area (Å²) < 4.78 is 7.24. The molecule has 0 radical (unpaired) electrons. The highest BCUT2D eigenvalue weighted by atomic mass is 16.5. The molecule has 1 aromatic heterocycles. The minimum Gasteiger partial charge on any atom is -0.458 e. The van der Waals surface area contributed by atoms with Gasteiger partial charge in [-0.15, -0.1) is 5.10 Å². The van der Waals surface area contributed by atoms with E-state index in [2.05, 4.69) is 33.6 Å². The zero-order valence-corrected chi connectivity index (χ0v) is 11.0. The Hall–Kier alpha value is -1.88. The van der Waals surface area contributed by atoms with E-state index in [9.17, 15) is 0 Å². The Morgan fingerprint density at radius 2 is 2.11 bits per heavy atom. The number of benzene rings is 1. The van der Waals surface area contributed by atoms with Gasteiger partial charge in [0.15, 0.2) is 0 Å². The van der Waals surface area contributed by atoms with Gasteiger partial charge >= 0.3 is 6.01 Å². The molecule has 19 heavy (non-hydrogen) atoms. The zero-order valence-electron chi connectivity index (χ0n) is 11.0. The van der Waals surface area contributed by atoms with Gasteiger partial charge in [0.1, 0.15) is 12.9 Å². The summed E-state index contributed by atoms with van der Waals surface area (Å²) in [5.41, 5.74) is 2.47. The van der Waals surface area contributed by atoms with Gasteiger partial charge in [-0.05, 0) is 24.0 Å². The standard InChI is InChI=1S/C14H18N4O/c1-18-10-16-14(17-18)19-9-12-5-3-2-4-11(12)8-15-13-6-7-13/h2-5,10,13,15H,6-9H2,1H3. The quantitative estimate of drug-likeness (QED) is 0.856. The molecule has 3 rings (SSSR count). The SMILES string of the molecule is Cn1cnc(OCc2ccccc2CNC2CC2)n1. The second kappa shape index (κ2) is 5.40. The molecule has 1 aliphatic rings. The molecule has 0 spiro atoms. The lowest BCUT2D eigenvalue weighted by Gasteiger charge is -2.10. The number of hydrogen-bond acceptors (Lipinski definition) is 4. The molecule has 0 unspecified atom stereocenters. The van der Waals surface area contributed by atoms with Crippen LogP contribution >= 0.6 is 0 Å². The summed E-state index contributed by atoms with van der Waals surface area (Å²) in [5.74, 6) is 0. The molecule has 1 N–H and O–H groups in total. The fourth-order valence-corrected chi connectivity index (χ4v) is 1.94. The van der Waals surface area contributed by atoms with Gasteiger partial charge < -0.3 is 10.1 Å². The fourth-order valence-electron chi connectivity index (χ4n) is 1.94. The highest BCUT2D eigenvalue weighted by Crippen LogP contribution is 2.20. The van der Waals surface area contributed by atoms with Crippen LogP contribution in [-0.2, 0) is 20.2 Å². The predicted molar refractivity (Wildman–Crippen MR) is 71.6 cm³/mol. The van der Waals surface area contributed by atoms with Gasteiger partial charge in [0, 0.05) is 19.6 Å². The summed E-state index contributed by atoms with van der Waals surface area (Å²) in [6.45, 7) is 1.41. The third-order valence-corrected chi connectivity index (χ3v) is 3.21. The molecule has 1 aromatic carbocycles. The van der Waals surface area contributed by atoms with Crippen LogP contribution in [0.2, 0.25) is 0 Å². The molecule has 0 aliphatic heterocycles. The summed E-state index contributed by atoms with van der Waals surface area (Å²) in [6, 6.07) is 9.46. The van der Waals surface area contributed by atoms with Crippen molar-refractivity contribution in [2.24, 2.45) is 7.05 Å². The summed E-state index contributed by atoms with van der Waals surface area (Å²) in [5, 5.41) is 7.63. The second-order valence-corrected chi connectivity index (χ2v) is 4.91. The lowest BCUT2D eigenvalue weighted by Crippen LogP contribution is -2.17. The maximum Gasteiger partial charge on any atom is 0.335 e. The maximum absolute atomic E-state index is 5.61. The zero-order chi connectivity index (χ0) is 13.1. The smallest absolute Gasteiger partial charge is 0.335 e. The Labute approximate surface area is 112 Å². The van der Waals surface area contributed by atoms with E-state index in [0.717, 1.165) is 6.54 Å². The maximum atomic E-state index is 5.61. The van der Waals surface area contributed by atoms with Crippen LogP contribution in [0.5, 0.6) is 6.01 Å². The van der Waals surface area contributed by atoms with Crippen molar-refractivity contribution < 1.29 is 4.74 Å². The molecule has 5 nitrogen and oxygen atoms in total. The van der Waals surface area contributed by atoms with Gasteiger partial charge in [-0.1, -0.05) is 24.3 Å². The van der Waals surface area contributed by atoms with Crippen LogP contribution in [0.4, 0.5) is 0 Å². The molecular weight excluding hydrogens is 240 g/mol. The van der Waals surface area contributed by atoms with Gasteiger partial charge in [-0.25, -0.2) is 0 Å². The van der Waals surface area contributed by atoms with Gasteiger partial charge in [0.25, 0.3) is 0 Å². The van der Waals surface area contributed by atoms with Crippen molar-refractivity contribution >= 4 is 0 Å². The van der Waals surface area contributed by atoms with Crippen molar-refractivity contribution in [2.75, 3.05) is 0 Å². The van der Waals surface area contributed by atoms with E-state index in [1.165, 1.54) is 24.0 Å². The van der Waals surface area contributed by atoms with E-state index < -0.39 is 0 Å². The van der Waals surface area contributed by atoms with E-state index in [0.29, 0.717) is 18.7 Å². The number of hydrogen-bond donors (Lipinski definition) is 1. The van der Waals surface area contributed by atoms with Gasteiger partial charge in [-0.2, -0.15) is 4.98 Å². The number of ether oxygens (including phenoxy) is 1. The third-order valence-electron chi connectivity index (χ3n) is 3.21. The van der Waals surface area contributed by atoms with E-state index in [-0.39, 0.29) is 0 Å². The molecule has 0 saturated heterocycles. The average molecular weight is 258 g/mol. The molecule has 2 aromatic rings. The van der Waals surface area contributed by atoms with Crippen LogP contribution in [0.15, 0.2) is 30.6 Å². The molecule has 5 heteroatoms. The van der Waals surface area contributed by atoms with Crippen molar-refractivity contribution in [1.29, 1.82) is 0 Å². The Bertz CT molecular complexity index is 548. The highest BCUT2D eigenvalue weighted by molar-refractivity contribution is 5.26. The highest BCUT2D eigenvalue weighted by Gasteiger charge is 2.20. The summed E-state index contributed by atoms with van der Waals surface area (Å²) in [4.78, 5) is 4.06. The number of aryl methyl sites for hydroxylation is 1. The molecule has 1 heterocycles. The van der Waals surface area contributed by atoms with Crippen molar-refractivity contribution in [3.63, 3.8) is 0 Å². The number of aromatic nitrogens is 3. The average Bonchev–Trinajstić information content (AvgIpc) is 3.17. The number of rotatable bonds is 6. The van der Waals surface area contributed by atoms with Crippen LogP contribution in [0.1, 0.15) is 24.0 Å². The Kier molecular flexibility index (Phi) is 3.46. The van der Waals surface area contributed by atoms with E-state index in [4.69, 9.17) is 4.74 Å². The first-order valence-electron chi connectivity index (χ1n) is 6.60. The molecule has 100 valence electrons. The largest absolute Gasteiger partial charge is 0.458 e. The van der Waals surface area contributed by atoms with Gasteiger partial charge in [0.2, 0.25) is 0 Å². The number of nitrogens with zero attached hydrogens (tertiary/aromatic N) is 3. The lowest BCUT2D eigenvalue weighted by atomic mass is 10.1. The minimum atomic E-state index is 0.424. The fraction of sp³-hybridized carbons (Fsp3) is 0.429. The molecule has 0 amide bonds. The number of nitrogens with one attached hydrogen (secondary N) is 1. The molecule has 1 aliphatic carbocycles. The van der Waals surface area contributed by atoms with Crippen molar-refractivity contribution in [3.8, 4) is 6.01 Å². The molecule has 1 saturated carbocycles. The third kappa shape index (κ3) is 3.32. The Morgan fingerprint density at radius 1 is 1.32 bits per heavy atom. The topological polar surface area (TPSA) is 52.0 Å². The summed E-state index contributed by atoms with van der Waals surface area (Å²) in [6.07, 6.45) is 4.24. The lowest BCUT2D eigenvalue weighted by molar-refractivity contribution is 0.278. The van der Waals surface area contributed by atoms with E-state index >= 15 is 0 Å². The van der Waals surface area contributed by atoms with Crippen molar-refractivity contribution in [3.05, 3.63) is 41.7 Å². The van der Waals surface area contributed by atoms with Crippen molar-refractivity contribution in [2.45, 2.75) is 32.0 Å². The first-order valence-corrected chi connectivity index (χ1v) is 6.60. The summed E-state index contributed by atoms with van der Waals surface area (Å²) >= 11 is 0.